The van der Waals surface area contributed by atoms with Crippen LogP contribution >= 0.6 is 0 Å². The lowest BCUT2D eigenvalue weighted by Gasteiger charge is -2.34. The second kappa shape index (κ2) is 7.26. The molecule has 0 aliphatic carbocycles. The van der Waals surface area contributed by atoms with Gasteiger partial charge in [0.05, 0.1) is 12.5 Å². The van der Waals surface area contributed by atoms with Crippen molar-refractivity contribution in [1.82, 2.24) is 0 Å². The Hall–Kier alpha value is -4.07. The summed E-state index contributed by atoms with van der Waals surface area (Å²) in [5.74, 6) is 0.407. The molecule has 2 atom stereocenters. The van der Waals surface area contributed by atoms with Crippen LogP contribution in [0.5, 0.6) is 34.5 Å². The normalized spacial score (nSPS) is 17.6. The molecule has 0 fully saturated rings. The second-order valence-electron chi connectivity index (χ2n) is 7.57. The predicted octanol–water partition coefficient (Wildman–Crippen LogP) is 4.36. The number of phenolic OH excluding ortho intramolecular Hbond substituents is 3. The minimum atomic E-state index is -0.486. The fraction of sp³-hybridized carbons (Fsp3) is 0.208. The van der Waals surface area contributed by atoms with Crippen LogP contribution in [0.3, 0.4) is 0 Å². The Labute approximate surface area is 181 Å². The standard InChI is InChI=1S/C24H20O8/c1-3-16-22(11-4-6-14(26)18(8-11)29-2)31-17-7-5-13-21(28)20-15(27)9-12(25)10-19(20)32-23(13)24(17)30-16/h4-10,16,22,25-27H,3H2,1-2H3. The summed E-state index contributed by atoms with van der Waals surface area (Å²) in [7, 11) is 1.47. The van der Waals surface area contributed by atoms with Crippen LogP contribution < -0.4 is 19.6 Å². The molecular formula is C24H20O8. The van der Waals surface area contributed by atoms with Gasteiger partial charge in [-0.15, -0.1) is 0 Å². The summed E-state index contributed by atoms with van der Waals surface area (Å²) in [4.78, 5) is 13.0. The molecular weight excluding hydrogens is 416 g/mol. The zero-order valence-corrected chi connectivity index (χ0v) is 17.3. The Morgan fingerprint density at radius 1 is 1.00 bits per heavy atom. The Kier molecular flexibility index (Phi) is 4.51. The fourth-order valence-electron chi connectivity index (χ4n) is 4.05. The molecule has 0 amide bonds. The Morgan fingerprint density at radius 2 is 1.81 bits per heavy atom. The molecule has 0 bridgehead atoms. The Bertz CT molecular complexity index is 1420. The van der Waals surface area contributed by atoms with E-state index < -0.39 is 17.6 Å². The first kappa shape index (κ1) is 19.9. The highest BCUT2D eigenvalue weighted by molar-refractivity contribution is 5.96. The molecule has 8 nitrogen and oxygen atoms in total. The largest absolute Gasteiger partial charge is 0.508 e. The van der Waals surface area contributed by atoms with E-state index in [1.807, 2.05) is 6.92 Å². The lowest BCUT2D eigenvalue weighted by molar-refractivity contribution is 0.0181. The van der Waals surface area contributed by atoms with Crippen LogP contribution in [0, 0.1) is 0 Å². The highest BCUT2D eigenvalue weighted by Gasteiger charge is 2.34. The average Bonchev–Trinajstić information content (AvgIpc) is 2.78. The summed E-state index contributed by atoms with van der Waals surface area (Å²) in [5.41, 5.74) is 0.524. The molecule has 164 valence electrons. The molecule has 2 unspecified atom stereocenters. The molecule has 32 heavy (non-hydrogen) atoms. The number of methoxy groups -OCH3 is 1. The molecule has 3 N–H and O–H groups in total. The molecule has 0 spiro atoms. The van der Waals surface area contributed by atoms with Crippen LogP contribution in [0.4, 0.5) is 0 Å². The number of aromatic hydroxyl groups is 3. The van der Waals surface area contributed by atoms with Gasteiger partial charge >= 0.3 is 0 Å². The first-order valence-corrected chi connectivity index (χ1v) is 10.1. The number of ether oxygens (including phenoxy) is 3. The molecule has 0 saturated carbocycles. The van der Waals surface area contributed by atoms with E-state index in [9.17, 15) is 20.1 Å². The zero-order valence-electron chi connectivity index (χ0n) is 17.3. The molecule has 1 aromatic heterocycles. The van der Waals surface area contributed by atoms with Crippen molar-refractivity contribution in [2.24, 2.45) is 0 Å². The summed E-state index contributed by atoms with van der Waals surface area (Å²) in [6, 6.07) is 10.5. The minimum Gasteiger partial charge on any atom is -0.508 e. The van der Waals surface area contributed by atoms with Gasteiger partial charge in [-0.25, -0.2) is 0 Å². The van der Waals surface area contributed by atoms with Gasteiger partial charge in [-0.05, 0) is 30.7 Å². The summed E-state index contributed by atoms with van der Waals surface area (Å²) < 4.78 is 23.6. The van der Waals surface area contributed by atoms with Crippen molar-refractivity contribution in [1.29, 1.82) is 0 Å². The van der Waals surface area contributed by atoms with E-state index in [1.165, 1.54) is 19.2 Å². The van der Waals surface area contributed by atoms with Gasteiger partial charge in [-0.2, -0.15) is 0 Å². The van der Waals surface area contributed by atoms with Crippen molar-refractivity contribution in [3.8, 4) is 34.5 Å². The highest BCUT2D eigenvalue weighted by Crippen LogP contribution is 2.46. The summed E-state index contributed by atoms with van der Waals surface area (Å²) in [6.45, 7) is 1.94. The molecule has 5 rings (SSSR count). The first-order chi connectivity index (χ1) is 15.4. The van der Waals surface area contributed by atoms with Gasteiger partial charge in [0.25, 0.3) is 0 Å². The maximum absolute atomic E-state index is 13.0. The number of hydrogen-bond acceptors (Lipinski definition) is 8. The van der Waals surface area contributed by atoms with E-state index in [4.69, 9.17) is 18.6 Å². The van der Waals surface area contributed by atoms with Crippen molar-refractivity contribution < 1.29 is 33.9 Å². The summed E-state index contributed by atoms with van der Waals surface area (Å²) in [5, 5.41) is 30.1. The molecule has 8 heteroatoms. The quantitative estimate of drug-likeness (QED) is 0.405. The van der Waals surface area contributed by atoms with Gasteiger partial charge in [0, 0.05) is 17.7 Å². The molecule has 1 aliphatic rings. The van der Waals surface area contributed by atoms with E-state index in [-0.39, 0.29) is 44.9 Å². The van der Waals surface area contributed by atoms with Gasteiger partial charge < -0.3 is 33.9 Å². The predicted molar refractivity (Wildman–Crippen MR) is 116 cm³/mol. The maximum Gasteiger partial charge on any atom is 0.205 e. The van der Waals surface area contributed by atoms with Crippen molar-refractivity contribution in [2.45, 2.75) is 25.6 Å². The molecule has 1 aliphatic heterocycles. The maximum atomic E-state index is 13.0. The zero-order chi connectivity index (χ0) is 22.6. The first-order valence-electron chi connectivity index (χ1n) is 10.1. The summed E-state index contributed by atoms with van der Waals surface area (Å²) >= 11 is 0. The van der Waals surface area contributed by atoms with Gasteiger partial charge in [0.2, 0.25) is 11.2 Å². The Morgan fingerprint density at radius 3 is 2.56 bits per heavy atom. The van der Waals surface area contributed by atoms with Crippen LogP contribution in [0.2, 0.25) is 0 Å². The number of phenols is 3. The minimum absolute atomic E-state index is 0.0203. The van der Waals surface area contributed by atoms with E-state index in [0.717, 1.165) is 11.6 Å². The van der Waals surface area contributed by atoms with Crippen molar-refractivity contribution in [3.63, 3.8) is 0 Å². The van der Waals surface area contributed by atoms with Crippen LogP contribution in [0.1, 0.15) is 25.0 Å². The van der Waals surface area contributed by atoms with Gasteiger partial charge in [0.15, 0.2) is 28.9 Å². The van der Waals surface area contributed by atoms with Gasteiger partial charge in [0.1, 0.15) is 28.6 Å². The van der Waals surface area contributed by atoms with E-state index in [1.54, 1.807) is 24.3 Å². The topological polar surface area (TPSA) is 119 Å². The van der Waals surface area contributed by atoms with Crippen LogP contribution in [-0.2, 0) is 0 Å². The molecule has 4 aromatic rings. The third kappa shape index (κ3) is 2.95. The monoisotopic (exact) mass is 436 g/mol. The lowest BCUT2D eigenvalue weighted by Crippen LogP contribution is -2.32. The van der Waals surface area contributed by atoms with Crippen molar-refractivity contribution in [3.05, 3.63) is 58.3 Å². The SMILES string of the molecule is CCC1Oc2c(ccc3c(=O)c4c(O)cc(O)cc4oc23)OC1c1ccc(O)c(OC)c1. The van der Waals surface area contributed by atoms with E-state index in [2.05, 4.69) is 0 Å². The average molecular weight is 436 g/mol. The number of fused-ring (bicyclic) bond motifs is 4. The second-order valence-corrected chi connectivity index (χ2v) is 7.57. The van der Waals surface area contributed by atoms with Gasteiger partial charge in [-0.3, -0.25) is 4.79 Å². The summed E-state index contributed by atoms with van der Waals surface area (Å²) in [6.07, 6.45) is -0.316. The third-order valence-electron chi connectivity index (χ3n) is 5.62. The molecule has 0 radical (unpaired) electrons. The molecule has 0 saturated heterocycles. The van der Waals surface area contributed by atoms with Crippen LogP contribution in [-0.4, -0.2) is 28.5 Å². The number of benzene rings is 3. The third-order valence-corrected chi connectivity index (χ3v) is 5.62. The fourth-order valence-corrected chi connectivity index (χ4v) is 4.05. The van der Waals surface area contributed by atoms with Gasteiger partial charge in [-0.1, -0.05) is 13.0 Å². The number of rotatable bonds is 3. The van der Waals surface area contributed by atoms with E-state index in [0.29, 0.717) is 17.9 Å². The van der Waals surface area contributed by atoms with E-state index >= 15 is 0 Å². The lowest BCUT2D eigenvalue weighted by atomic mass is 10.00. The van der Waals surface area contributed by atoms with Crippen molar-refractivity contribution >= 4 is 21.9 Å². The highest BCUT2D eigenvalue weighted by atomic mass is 16.6. The molecule has 3 aromatic carbocycles. The van der Waals surface area contributed by atoms with Crippen molar-refractivity contribution in [2.75, 3.05) is 7.11 Å². The van der Waals surface area contributed by atoms with Crippen LogP contribution in [0.25, 0.3) is 21.9 Å². The van der Waals surface area contributed by atoms with Crippen LogP contribution in [0.15, 0.2) is 51.7 Å². The smallest absolute Gasteiger partial charge is 0.205 e. The molecule has 2 heterocycles. The number of hydrogen-bond donors (Lipinski definition) is 3. The Balaban J connectivity index is 1.68.